The van der Waals surface area contributed by atoms with Crippen molar-refractivity contribution in [2.45, 2.75) is 31.8 Å². The number of carbonyl (C=O) groups excluding carboxylic acids is 2. The van der Waals surface area contributed by atoms with Crippen LogP contribution < -0.4 is 16.0 Å². The highest BCUT2D eigenvalue weighted by Crippen LogP contribution is 2.28. The molecule has 2 amide bonds. The summed E-state index contributed by atoms with van der Waals surface area (Å²) in [5.74, 6) is 0.952. The van der Waals surface area contributed by atoms with E-state index in [0.717, 1.165) is 24.5 Å². The molecule has 3 aromatic rings. The number of hydrogen-bond donors (Lipinski definition) is 3. The number of fused-ring (bicyclic) bond motifs is 1. The van der Waals surface area contributed by atoms with Crippen molar-refractivity contribution in [1.82, 2.24) is 19.9 Å². The molecule has 2 aliphatic rings. The normalized spacial score (nSPS) is 18.1. The lowest BCUT2D eigenvalue weighted by Crippen LogP contribution is -2.19. The van der Waals surface area contributed by atoms with E-state index >= 15 is 0 Å². The van der Waals surface area contributed by atoms with Gasteiger partial charge in [0.1, 0.15) is 11.6 Å². The average Bonchev–Trinajstić information content (AvgIpc) is 3.05. The Hall–Kier alpha value is -3.20. The first-order chi connectivity index (χ1) is 13.7. The Bertz CT molecular complexity index is 1100. The zero-order valence-corrected chi connectivity index (χ0v) is 15.8. The summed E-state index contributed by atoms with van der Waals surface area (Å²) >= 11 is 1.66. The van der Waals surface area contributed by atoms with E-state index in [9.17, 15) is 9.59 Å². The molecule has 4 heterocycles. The number of thiophene rings is 1. The van der Waals surface area contributed by atoms with E-state index in [4.69, 9.17) is 4.98 Å². The number of carbonyl (C=O) groups is 2. The molecule has 0 atom stereocenters. The fraction of sp³-hybridized carbons (Fsp3) is 0.263. The minimum Gasteiger partial charge on any atom is -0.367 e. The van der Waals surface area contributed by atoms with Crippen molar-refractivity contribution in [3.63, 3.8) is 0 Å². The van der Waals surface area contributed by atoms with Gasteiger partial charge in [-0.3, -0.25) is 14.9 Å². The van der Waals surface area contributed by atoms with E-state index < -0.39 is 0 Å². The molecule has 2 fully saturated rings. The Labute approximate surface area is 164 Å². The first-order valence-electron chi connectivity index (χ1n) is 9.11. The van der Waals surface area contributed by atoms with E-state index in [-0.39, 0.29) is 18.2 Å². The molecular formula is C19H18N6O2S. The van der Waals surface area contributed by atoms with Crippen LogP contribution in [-0.2, 0) is 16.1 Å². The molecule has 0 spiro atoms. The topological polar surface area (TPSA) is 100 Å². The van der Waals surface area contributed by atoms with Crippen molar-refractivity contribution in [3.05, 3.63) is 45.8 Å². The highest BCUT2D eigenvalue weighted by Gasteiger charge is 2.25. The van der Waals surface area contributed by atoms with Gasteiger partial charge in [0.05, 0.1) is 12.6 Å². The number of amides is 2. The molecule has 1 aliphatic heterocycles. The van der Waals surface area contributed by atoms with E-state index in [0.29, 0.717) is 29.4 Å². The van der Waals surface area contributed by atoms with Crippen molar-refractivity contribution in [3.8, 4) is 0 Å². The van der Waals surface area contributed by atoms with Crippen LogP contribution in [0, 0.1) is 0 Å². The maximum absolute atomic E-state index is 11.9. The largest absolute Gasteiger partial charge is 0.367 e. The lowest BCUT2D eigenvalue weighted by molar-refractivity contribution is -0.124. The van der Waals surface area contributed by atoms with Gasteiger partial charge in [0.2, 0.25) is 5.91 Å². The maximum Gasteiger partial charge on any atom is 0.254 e. The molecule has 1 saturated heterocycles. The fourth-order valence-electron chi connectivity index (χ4n) is 3.11. The summed E-state index contributed by atoms with van der Waals surface area (Å²) in [6, 6.07) is 4.48. The van der Waals surface area contributed by atoms with Crippen LogP contribution in [0.25, 0.3) is 11.7 Å². The Morgan fingerprint density at radius 3 is 2.96 bits per heavy atom. The third kappa shape index (κ3) is 3.36. The molecule has 0 bridgehead atoms. The molecule has 142 valence electrons. The van der Waals surface area contributed by atoms with Gasteiger partial charge in [0.15, 0.2) is 5.65 Å². The number of hydrogen-bond acceptors (Lipinski definition) is 7. The molecule has 3 aromatic heterocycles. The van der Waals surface area contributed by atoms with Gasteiger partial charge in [0, 0.05) is 29.8 Å². The quantitative estimate of drug-likeness (QED) is 0.439. The van der Waals surface area contributed by atoms with Crippen LogP contribution in [0.3, 0.4) is 0 Å². The number of anilines is 2. The van der Waals surface area contributed by atoms with Crippen molar-refractivity contribution in [1.29, 1.82) is 0 Å². The first-order valence-corrected chi connectivity index (χ1v) is 10.0. The third-order valence-corrected chi connectivity index (χ3v) is 5.44. The van der Waals surface area contributed by atoms with Crippen molar-refractivity contribution < 1.29 is 9.59 Å². The maximum atomic E-state index is 11.9. The van der Waals surface area contributed by atoms with Crippen LogP contribution >= 0.6 is 11.3 Å². The number of imide groups is 1. The minimum atomic E-state index is -0.354. The molecular weight excluding hydrogens is 376 g/mol. The molecule has 1 saturated carbocycles. The predicted octanol–water partition coefficient (Wildman–Crippen LogP) is 2.41. The smallest absolute Gasteiger partial charge is 0.254 e. The standard InChI is InChI=1S/C19H18N6O2S/c26-17-6-12(19(27)24-17)5-13-9-21-25-16(22-14-1-2-14)7-15(23-18(13)25)20-8-11-3-4-28-10-11/h3-5,7,9-10,14,22H,1-2,6,8H2,(H,20,23)(H,24,26,27). The summed E-state index contributed by atoms with van der Waals surface area (Å²) in [5, 5.41) is 17.7. The van der Waals surface area contributed by atoms with E-state index in [1.165, 1.54) is 5.56 Å². The van der Waals surface area contributed by atoms with Gasteiger partial charge in [0.25, 0.3) is 5.91 Å². The summed E-state index contributed by atoms with van der Waals surface area (Å²) in [7, 11) is 0. The average molecular weight is 394 g/mol. The molecule has 0 aromatic carbocycles. The molecule has 8 nitrogen and oxygen atoms in total. The van der Waals surface area contributed by atoms with E-state index in [2.05, 4.69) is 32.5 Å². The summed E-state index contributed by atoms with van der Waals surface area (Å²) in [6.07, 6.45) is 5.73. The summed E-state index contributed by atoms with van der Waals surface area (Å²) < 4.78 is 1.75. The number of rotatable bonds is 6. The SMILES string of the molecule is O=C1CC(=Cc2cnn3c(NC4CC4)cc(NCc4ccsc4)nc23)C(=O)N1. The predicted molar refractivity (Wildman–Crippen MR) is 107 cm³/mol. The molecule has 5 rings (SSSR count). The van der Waals surface area contributed by atoms with Gasteiger partial charge >= 0.3 is 0 Å². The van der Waals surface area contributed by atoms with Crippen LogP contribution in [0.5, 0.6) is 0 Å². The lowest BCUT2D eigenvalue weighted by Gasteiger charge is -2.11. The molecule has 9 heteroatoms. The Morgan fingerprint density at radius 2 is 2.25 bits per heavy atom. The lowest BCUT2D eigenvalue weighted by atomic mass is 10.1. The van der Waals surface area contributed by atoms with Crippen LogP contribution in [-0.4, -0.2) is 32.5 Å². The zero-order valence-electron chi connectivity index (χ0n) is 14.9. The third-order valence-electron chi connectivity index (χ3n) is 4.71. The van der Waals surface area contributed by atoms with Crippen LogP contribution in [0.4, 0.5) is 11.6 Å². The van der Waals surface area contributed by atoms with E-state index in [1.54, 1.807) is 28.1 Å². The molecule has 0 unspecified atom stereocenters. The monoisotopic (exact) mass is 394 g/mol. The highest BCUT2D eigenvalue weighted by atomic mass is 32.1. The molecule has 1 aliphatic carbocycles. The van der Waals surface area contributed by atoms with Gasteiger partial charge in [-0.15, -0.1) is 0 Å². The first kappa shape index (κ1) is 16.9. The second kappa shape index (κ2) is 6.75. The fourth-order valence-corrected chi connectivity index (χ4v) is 3.77. The van der Waals surface area contributed by atoms with Gasteiger partial charge < -0.3 is 10.6 Å². The molecule has 28 heavy (non-hydrogen) atoms. The second-order valence-electron chi connectivity index (χ2n) is 6.99. The summed E-state index contributed by atoms with van der Waals surface area (Å²) in [6.45, 7) is 0.678. The molecule has 0 radical (unpaired) electrons. The zero-order chi connectivity index (χ0) is 19.1. The number of nitrogens with one attached hydrogen (secondary N) is 3. The van der Waals surface area contributed by atoms with Crippen molar-refractivity contribution >= 4 is 46.5 Å². The van der Waals surface area contributed by atoms with Crippen molar-refractivity contribution in [2.75, 3.05) is 10.6 Å². The minimum absolute atomic E-state index is 0.0828. The Balaban J connectivity index is 1.52. The van der Waals surface area contributed by atoms with Gasteiger partial charge in [-0.2, -0.15) is 21.0 Å². The van der Waals surface area contributed by atoms with Gasteiger partial charge in [-0.1, -0.05) is 0 Å². The Kier molecular flexibility index (Phi) is 4.09. The summed E-state index contributed by atoms with van der Waals surface area (Å²) in [4.78, 5) is 28.1. The highest BCUT2D eigenvalue weighted by molar-refractivity contribution is 7.07. The summed E-state index contributed by atoms with van der Waals surface area (Å²) in [5.41, 5.74) is 2.96. The van der Waals surface area contributed by atoms with Crippen molar-refractivity contribution in [2.24, 2.45) is 0 Å². The van der Waals surface area contributed by atoms with Crippen LogP contribution in [0.1, 0.15) is 30.4 Å². The number of aromatic nitrogens is 3. The van der Waals surface area contributed by atoms with Gasteiger partial charge in [-0.25, -0.2) is 4.98 Å². The van der Waals surface area contributed by atoms with Crippen LogP contribution in [0.15, 0.2) is 34.7 Å². The van der Waals surface area contributed by atoms with Gasteiger partial charge in [-0.05, 0) is 41.3 Å². The second-order valence-corrected chi connectivity index (χ2v) is 7.77. The Morgan fingerprint density at radius 1 is 1.36 bits per heavy atom. The van der Waals surface area contributed by atoms with Crippen LogP contribution in [0.2, 0.25) is 0 Å². The number of nitrogens with zero attached hydrogens (tertiary/aromatic N) is 3. The van der Waals surface area contributed by atoms with E-state index in [1.807, 2.05) is 11.4 Å². The molecule has 3 N–H and O–H groups in total.